The minimum absolute atomic E-state index is 0.115. The van der Waals surface area contributed by atoms with Crippen LogP contribution in [-0.4, -0.2) is 38.1 Å². The van der Waals surface area contributed by atoms with Gasteiger partial charge >= 0.3 is 11.6 Å². The van der Waals surface area contributed by atoms with Crippen LogP contribution >= 0.6 is 0 Å². The molecule has 7 heteroatoms. The summed E-state index contributed by atoms with van der Waals surface area (Å²) in [5, 5.41) is 0.775. The number of ketones is 1. The van der Waals surface area contributed by atoms with Crippen molar-refractivity contribution in [2.45, 2.75) is 46.5 Å². The molecule has 1 fully saturated rings. The summed E-state index contributed by atoms with van der Waals surface area (Å²) in [6.45, 7) is 7.69. The van der Waals surface area contributed by atoms with Crippen LogP contribution in [0.25, 0.3) is 11.0 Å². The lowest BCUT2D eigenvalue weighted by atomic mass is 10.0. The molecular formula is C28H31NO6. The molecule has 0 N–H and O–H groups in total. The van der Waals surface area contributed by atoms with Crippen molar-refractivity contribution >= 4 is 28.4 Å². The van der Waals surface area contributed by atoms with Crippen molar-refractivity contribution in [2.24, 2.45) is 0 Å². The quantitative estimate of drug-likeness (QED) is 0.249. The number of fused-ring (bicyclic) bond motifs is 1. The molecule has 0 radical (unpaired) electrons. The Morgan fingerprint density at radius 3 is 2.40 bits per heavy atom. The highest BCUT2D eigenvalue weighted by Gasteiger charge is 2.18. The number of aryl methyl sites for hydroxylation is 2. The zero-order valence-electron chi connectivity index (χ0n) is 20.5. The predicted octanol–water partition coefficient (Wildman–Crippen LogP) is 4.77. The normalized spacial score (nSPS) is 13.3. The van der Waals surface area contributed by atoms with E-state index in [-0.39, 0.29) is 31.2 Å². The third-order valence-corrected chi connectivity index (χ3v) is 6.56. The van der Waals surface area contributed by atoms with Gasteiger partial charge in [0, 0.05) is 47.3 Å². The summed E-state index contributed by atoms with van der Waals surface area (Å²) in [4.78, 5) is 39.4. The number of hydrogen-bond acceptors (Lipinski definition) is 7. The summed E-state index contributed by atoms with van der Waals surface area (Å²) in [6.07, 6.45) is 2.78. The second kappa shape index (κ2) is 10.8. The Kier molecular flexibility index (Phi) is 7.54. The van der Waals surface area contributed by atoms with Crippen molar-refractivity contribution in [3.05, 3.63) is 69.1 Å². The smallest absolute Gasteiger partial charge is 0.339 e. The third kappa shape index (κ3) is 5.39. The number of esters is 1. The highest BCUT2D eigenvalue weighted by Crippen LogP contribution is 2.30. The van der Waals surface area contributed by atoms with Crippen molar-refractivity contribution in [1.82, 2.24) is 0 Å². The molecule has 0 amide bonds. The van der Waals surface area contributed by atoms with Crippen molar-refractivity contribution in [3.8, 4) is 5.75 Å². The Bertz CT molecular complexity index is 1290. The maximum atomic E-state index is 12.7. The number of ether oxygens (including phenoxy) is 2. The molecule has 0 aliphatic carbocycles. The first kappa shape index (κ1) is 24.5. The van der Waals surface area contributed by atoms with Crippen LogP contribution in [0, 0.1) is 13.8 Å². The summed E-state index contributed by atoms with van der Waals surface area (Å²) in [5.41, 5.74) is 3.56. The Morgan fingerprint density at radius 2 is 1.71 bits per heavy atom. The van der Waals surface area contributed by atoms with Gasteiger partial charge in [-0.15, -0.1) is 0 Å². The molecule has 35 heavy (non-hydrogen) atoms. The van der Waals surface area contributed by atoms with E-state index in [4.69, 9.17) is 13.9 Å². The van der Waals surface area contributed by atoms with E-state index >= 15 is 0 Å². The van der Waals surface area contributed by atoms with Gasteiger partial charge < -0.3 is 18.8 Å². The standard InChI is InChI=1S/C28H31NO6/c1-4-33-26(31)14-12-23-18(2)22-11-13-25(19(3)27(22)35-28(23)32)34-17-24(30)20-7-9-21(10-8-20)29-15-5-6-16-29/h7-11,13H,4-6,12,14-17H2,1-3H3. The van der Waals surface area contributed by atoms with Crippen LogP contribution in [0.5, 0.6) is 5.75 Å². The van der Waals surface area contributed by atoms with Gasteiger partial charge in [0.05, 0.1) is 6.61 Å². The molecule has 7 nitrogen and oxygen atoms in total. The summed E-state index contributed by atoms with van der Waals surface area (Å²) in [5.74, 6) is 0.0208. The SMILES string of the molecule is CCOC(=O)CCc1c(C)c2ccc(OCC(=O)c3ccc(N4CCCC4)cc3)c(C)c2oc1=O. The Balaban J connectivity index is 1.47. The van der Waals surface area contributed by atoms with Crippen molar-refractivity contribution in [1.29, 1.82) is 0 Å². The summed E-state index contributed by atoms with van der Waals surface area (Å²) in [6, 6.07) is 11.2. The molecule has 184 valence electrons. The molecule has 2 heterocycles. The van der Waals surface area contributed by atoms with Crippen LogP contribution in [0.1, 0.15) is 53.2 Å². The van der Waals surface area contributed by atoms with E-state index in [1.54, 1.807) is 19.9 Å². The molecule has 1 aliphatic heterocycles. The van der Waals surface area contributed by atoms with Crippen LogP contribution in [-0.2, 0) is 16.0 Å². The Hall–Kier alpha value is -3.61. The maximum Gasteiger partial charge on any atom is 0.339 e. The maximum absolute atomic E-state index is 12.7. The largest absolute Gasteiger partial charge is 0.485 e. The number of anilines is 1. The average Bonchev–Trinajstić information content (AvgIpc) is 3.39. The zero-order valence-corrected chi connectivity index (χ0v) is 20.5. The highest BCUT2D eigenvalue weighted by atomic mass is 16.5. The lowest BCUT2D eigenvalue weighted by Gasteiger charge is -2.17. The average molecular weight is 478 g/mol. The number of rotatable bonds is 9. The Morgan fingerprint density at radius 1 is 1.00 bits per heavy atom. The molecule has 0 saturated carbocycles. The summed E-state index contributed by atoms with van der Waals surface area (Å²) >= 11 is 0. The second-order valence-corrected chi connectivity index (χ2v) is 8.82. The molecule has 0 atom stereocenters. The highest BCUT2D eigenvalue weighted by molar-refractivity contribution is 5.97. The second-order valence-electron chi connectivity index (χ2n) is 8.82. The molecule has 1 aliphatic rings. The molecule has 3 aromatic rings. The number of hydrogen-bond donors (Lipinski definition) is 0. The topological polar surface area (TPSA) is 86.1 Å². The van der Waals surface area contributed by atoms with E-state index < -0.39 is 5.63 Å². The van der Waals surface area contributed by atoms with E-state index in [9.17, 15) is 14.4 Å². The van der Waals surface area contributed by atoms with Gasteiger partial charge in [0.2, 0.25) is 0 Å². The molecule has 2 aromatic carbocycles. The molecule has 0 spiro atoms. The zero-order chi connectivity index (χ0) is 24.9. The van der Waals surface area contributed by atoms with Crippen LogP contribution in [0.2, 0.25) is 0 Å². The van der Waals surface area contributed by atoms with Crippen molar-refractivity contribution < 1.29 is 23.5 Å². The first-order chi connectivity index (χ1) is 16.9. The van der Waals surface area contributed by atoms with Gasteiger partial charge in [0.15, 0.2) is 12.4 Å². The third-order valence-electron chi connectivity index (χ3n) is 6.56. The summed E-state index contributed by atoms with van der Waals surface area (Å²) in [7, 11) is 0. The van der Waals surface area contributed by atoms with Crippen LogP contribution < -0.4 is 15.3 Å². The number of Topliss-reactive ketones (excluding diaryl/α,β-unsaturated/α-hetero) is 1. The van der Waals surface area contributed by atoms with Crippen molar-refractivity contribution in [3.63, 3.8) is 0 Å². The van der Waals surface area contributed by atoms with Gasteiger partial charge in [-0.1, -0.05) is 0 Å². The van der Waals surface area contributed by atoms with E-state index in [2.05, 4.69) is 4.90 Å². The fraction of sp³-hybridized carbons (Fsp3) is 0.393. The monoisotopic (exact) mass is 477 g/mol. The number of carbonyl (C=O) groups is 2. The van der Waals surface area contributed by atoms with Crippen LogP contribution in [0.15, 0.2) is 45.6 Å². The van der Waals surface area contributed by atoms with Gasteiger partial charge in [-0.3, -0.25) is 9.59 Å². The first-order valence-electron chi connectivity index (χ1n) is 12.1. The van der Waals surface area contributed by atoms with E-state index in [1.165, 1.54) is 12.8 Å². The number of carbonyl (C=O) groups excluding carboxylic acids is 2. The molecule has 4 rings (SSSR count). The number of nitrogens with zero attached hydrogens (tertiary/aromatic N) is 1. The summed E-state index contributed by atoms with van der Waals surface area (Å²) < 4.78 is 16.4. The Labute approximate surface area is 204 Å². The van der Waals surface area contributed by atoms with Gasteiger partial charge in [-0.2, -0.15) is 0 Å². The van der Waals surface area contributed by atoms with E-state index in [0.717, 1.165) is 29.7 Å². The van der Waals surface area contributed by atoms with Crippen LogP contribution in [0.4, 0.5) is 5.69 Å². The fourth-order valence-electron chi connectivity index (χ4n) is 4.54. The molecular weight excluding hydrogens is 446 g/mol. The molecule has 0 unspecified atom stereocenters. The lowest BCUT2D eigenvalue weighted by molar-refractivity contribution is -0.143. The first-order valence-corrected chi connectivity index (χ1v) is 12.1. The van der Waals surface area contributed by atoms with Gasteiger partial charge in [-0.05, 0) is 82.0 Å². The predicted molar refractivity (Wildman–Crippen MR) is 135 cm³/mol. The van der Waals surface area contributed by atoms with Gasteiger partial charge in [0.1, 0.15) is 11.3 Å². The van der Waals surface area contributed by atoms with E-state index in [1.807, 2.05) is 37.3 Å². The minimum atomic E-state index is -0.478. The minimum Gasteiger partial charge on any atom is -0.485 e. The van der Waals surface area contributed by atoms with Crippen LogP contribution in [0.3, 0.4) is 0 Å². The van der Waals surface area contributed by atoms with Gasteiger partial charge in [-0.25, -0.2) is 4.79 Å². The molecule has 1 saturated heterocycles. The molecule has 0 bridgehead atoms. The lowest BCUT2D eigenvalue weighted by Crippen LogP contribution is -2.18. The van der Waals surface area contributed by atoms with Gasteiger partial charge in [0.25, 0.3) is 0 Å². The fourth-order valence-corrected chi connectivity index (χ4v) is 4.54. The van der Waals surface area contributed by atoms with E-state index in [0.29, 0.717) is 34.6 Å². The molecule has 1 aromatic heterocycles. The number of benzene rings is 2. The van der Waals surface area contributed by atoms with Crippen molar-refractivity contribution in [2.75, 3.05) is 31.2 Å².